The van der Waals surface area contributed by atoms with E-state index >= 15 is 0 Å². The summed E-state index contributed by atoms with van der Waals surface area (Å²) in [7, 11) is 0. The Morgan fingerprint density at radius 2 is 1.71 bits per heavy atom. The van der Waals surface area contributed by atoms with Crippen LogP contribution in [0.25, 0.3) is 16.0 Å². The van der Waals surface area contributed by atoms with Crippen molar-refractivity contribution in [1.29, 1.82) is 0 Å². The molecule has 2 aromatic heterocycles. The average Bonchev–Trinajstić information content (AvgIpc) is 3.54. The van der Waals surface area contributed by atoms with E-state index in [1.54, 1.807) is 22.7 Å². The minimum atomic E-state index is 0.00386. The van der Waals surface area contributed by atoms with Gasteiger partial charge in [0.15, 0.2) is 0 Å². The van der Waals surface area contributed by atoms with Gasteiger partial charge in [-0.3, -0.25) is 5.43 Å². The molecule has 1 atom stereocenters. The van der Waals surface area contributed by atoms with E-state index in [1.165, 1.54) is 11.1 Å². The summed E-state index contributed by atoms with van der Waals surface area (Å²) in [4.78, 5) is 5.72. The summed E-state index contributed by atoms with van der Waals surface area (Å²) in [6.07, 6.45) is 1.90. The second kappa shape index (κ2) is 8.89. The Hall–Kier alpha value is -3.74. The highest BCUT2D eigenvalue weighted by Crippen LogP contribution is 2.46. The van der Waals surface area contributed by atoms with Gasteiger partial charge < -0.3 is 4.74 Å². The standard InChI is InChI=1S/C28H21N3OS2/c1-18-9-2-3-10-19(18)26-20-11-4-6-13-23(20)32-27(25-15-8-16-33-25)21(26)17-29-31-28-30-22-12-5-7-14-24(22)34-28/h2-17,26H,1H3,(H,30,31). The minimum absolute atomic E-state index is 0.00386. The van der Waals surface area contributed by atoms with Crippen molar-refractivity contribution in [2.75, 3.05) is 5.43 Å². The third kappa shape index (κ3) is 3.81. The first-order valence-electron chi connectivity index (χ1n) is 11.0. The lowest BCUT2D eigenvalue weighted by Crippen LogP contribution is -2.18. The predicted molar refractivity (Wildman–Crippen MR) is 143 cm³/mol. The van der Waals surface area contributed by atoms with Crippen molar-refractivity contribution in [1.82, 2.24) is 4.98 Å². The van der Waals surface area contributed by atoms with Crippen LogP contribution in [0.5, 0.6) is 5.75 Å². The van der Waals surface area contributed by atoms with Gasteiger partial charge in [-0.2, -0.15) is 5.10 Å². The maximum atomic E-state index is 6.49. The van der Waals surface area contributed by atoms with Crippen LogP contribution in [0.3, 0.4) is 0 Å². The van der Waals surface area contributed by atoms with E-state index in [1.807, 2.05) is 42.6 Å². The number of rotatable bonds is 5. The lowest BCUT2D eigenvalue weighted by atomic mass is 9.80. The van der Waals surface area contributed by atoms with E-state index in [4.69, 9.17) is 4.74 Å². The number of nitrogens with zero attached hydrogens (tertiary/aromatic N) is 2. The first kappa shape index (κ1) is 20.8. The number of nitrogens with one attached hydrogen (secondary N) is 1. The third-order valence-corrected chi connectivity index (χ3v) is 7.73. The molecule has 1 unspecified atom stereocenters. The number of thiazole rings is 1. The van der Waals surface area contributed by atoms with Crippen LogP contribution < -0.4 is 10.2 Å². The van der Waals surface area contributed by atoms with Gasteiger partial charge >= 0.3 is 0 Å². The number of allylic oxidation sites excluding steroid dienone is 1. The van der Waals surface area contributed by atoms with Crippen molar-refractivity contribution in [2.45, 2.75) is 12.8 Å². The Bertz CT molecular complexity index is 1500. The Balaban J connectivity index is 1.47. The topological polar surface area (TPSA) is 46.5 Å². The summed E-state index contributed by atoms with van der Waals surface area (Å²) in [5.41, 5.74) is 8.75. The second-order valence-electron chi connectivity index (χ2n) is 8.05. The molecule has 0 saturated carbocycles. The fraction of sp³-hybridized carbons (Fsp3) is 0.0714. The first-order chi connectivity index (χ1) is 16.8. The molecule has 0 bridgehead atoms. The fourth-order valence-corrected chi connectivity index (χ4v) is 5.88. The van der Waals surface area contributed by atoms with Gasteiger partial charge in [-0.05, 0) is 47.7 Å². The highest BCUT2D eigenvalue weighted by atomic mass is 32.1. The van der Waals surface area contributed by atoms with Gasteiger partial charge in [-0.1, -0.05) is 72.0 Å². The molecule has 4 nitrogen and oxygen atoms in total. The van der Waals surface area contributed by atoms with Crippen LogP contribution in [0.1, 0.15) is 27.5 Å². The molecule has 0 amide bonds. The van der Waals surface area contributed by atoms with Crippen molar-refractivity contribution in [3.63, 3.8) is 0 Å². The highest BCUT2D eigenvalue weighted by molar-refractivity contribution is 7.22. The summed E-state index contributed by atoms with van der Waals surface area (Å²) in [5.74, 6) is 1.73. The van der Waals surface area contributed by atoms with Gasteiger partial charge in [0, 0.05) is 17.1 Å². The molecule has 6 heteroatoms. The summed E-state index contributed by atoms with van der Waals surface area (Å²) in [6, 6.07) is 29.1. The number of anilines is 1. The van der Waals surface area contributed by atoms with Crippen LogP contribution in [0.2, 0.25) is 0 Å². The lowest BCUT2D eigenvalue weighted by Gasteiger charge is -2.30. The van der Waals surface area contributed by atoms with Crippen molar-refractivity contribution in [3.8, 4) is 5.75 Å². The van der Waals surface area contributed by atoms with Gasteiger partial charge in [-0.25, -0.2) is 4.98 Å². The molecule has 0 spiro atoms. The minimum Gasteiger partial charge on any atom is -0.455 e. The smallest absolute Gasteiger partial charge is 0.204 e. The van der Waals surface area contributed by atoms with Crippen molar-refractivity contribution in [3.05, 3.63) is 117 Å². The molecule has 1 aliphatic rings. The lowest BCUT2D eigenvalue weighted by molar-refractivity contribution is 0.490. The normalized spacial score (nSPS) is 15.5. The summed E-state index contributed by atoms with van der Waals surface area (Å²) < 4.78 is 7.62. The maximum Gasteiger partial charge on any atom is 0.204 e. The van der Waals surface area contributed by atoms with E-state index < -0.39 is 0 Å². The van der Waals surface area contributed by atoms with E-state index in [-0.39, 0.29) is 5.92 Å². The summed E-state index contributed by atoms with van der Waals surface area (Å²) in [6.45, 7) is 2.16. The number of hydrogen-bond donors (Lipinski definition) is 1. The quantitative estimate of drug-likeness (QED) is 0.207. The average molecular weight is 480 g/mol. The van der Waals surface area contributed by atoms with Gasteiger partial charge in [-0.15, -0.1) is 11.3 Å². The number of fused-ring (bicyclic) bond motifs is 2. The number of hydrogen-bond acceptors (Lipinski definition) is 6. The molecule has 1 N–H and O–H groups in total. The van der Waals surface area contributed by atoms with Crippen molar-refractivity contribution >= 4 is 50.0 Å². The molecule has 0 saturated heterocycles. The Morgan fingerprint density at radius 1 is 0.912 bits per heavy atom. The van der Waals surface area contributed by atoms with Gasteiger partial charge in [0.05, 0.1) is 21.3 Å². The number of hydrazone groups is 1. The van der Waals surface area contributed by atoms with Crippen LogP contribution in [-0.2, 0) is 0 Å². The van der Waals surface area contributed by atoms with Gasteiger partial charge in [0.25, 0.3) is 0 Å². The molecule has 3 heterocycles. The van der Waals surface area contributed by atoms with E-state index in [0.29, 0.717) is 0 Å². The zero-order chi connectivity index (χ0) is 22.9. The maximum absolute atomic E-state index is 6.49. The molecular weight excluding hydrogens is 458 g/mol. The number of para-hydroxylation sites is 2. The molecule has 0 aliphatic carbocycles. The summed E-state index contributed by atoms with van der Waals surface area (Å²) >= 11 is 3.26. The van der Waals surface area contributed by atoms with Crippen molar-refractivity contribution in [2.24, 2.45) is 5.10 Å². The largest absolute Gasteiger partial charge is 0.455 e. The van der Waals surface area contributed by atoms with Gasteiger partial charge in [0.1, 0.15) is 11.5 Å². The second-order valence-corrected chi connectivity index (χ2v) is 10.0. The Kier molecular flexibility index (Phi) is 5.45. The van der Waals surface area contributed by atoms with Crippen LogP contribution in [0.15, 0.2) is 101 Å². The third-order valence-electron chi connectivity index (χ3n) is 5.92. The number of ether oxygens (including phenoxy) is 1. The Labute approximate surface area is 205 Å². The van der Waals surface area contributed by atoms with Crippen molar-refractivity contribution < 1.29 is 4.74 Å². The molecule has 5 aromatic rings. The molecule has 166 valence electrons. The molecule has 0 fully saturated rings. The number of aryl methyl sites for hydroxylation is 1. The SMILES string of the molecule is Cc1ccccc1C1C(C=NNc2nc3ccccc3s2)=C(c2cccs2)Oc2ccccc21. The highest BCUT2D eigenvalue weighted by Gasteiger charge is 2.32. The van der Waals surface area contributed by atoms with Crippen LogP contribution in [-0.4, -0.2) is 11.2 Å². The zero-order valence-electron chi connectivity index (χ0n) is 18.4. The van der Waals surface area contributed by atoms with Crippen LogP contribution in [0, 0.1) is 6.92 Å². The number of thiophene rings is 1. The zero-order valence-corrected chi connectivity index (χ0v) is 20.1. The first-order valence-corrected chi connectivity index (χ1v) is 12.7. The van der Waals surface area contributed by atoms with Gasteiger partial charge in [0.2, 0.25) is 5.13 Å². The Morgan fingerprint density at radius 3 is 2.53 bits per heavy atom. The van der Waals surface area contributed by atoms with E-state index in [0.717, 1.165) is 42.9 Å². The molecule has 3 aromatic carbocycles. The molecule has 34 heavy (non-hydrogen) atoms. The fourth-order valence-electron chi connectivity index (χ4n) is 4.34. The van der Waals surface area contributed by atoms with E-state index in [2.05, 4.69) is 76.3 Å². The molecule has 1 aliphatic heterocycles. The molecular formula is C28H21N3OS2. The number of benzene rings is 3. The monoisotopic (exact) mass is 479 g/mol. The van der Waals surface area contributed by atoms with Crippen LogP contribution >= 0.6 is 22.7 Å². The molecule has 0 radical (unpaired) electrons. The predicted octanol–water partition coefficient (Wildman–Crippen LogP) is 7.70. The van der Waals surface area contributed by atoms with Crippen LogP contribution in [0.4, 0.5) is 5.13 Å². The van der Waals surface area contributed by atoms with E-state index in [9.17, 15) is 0 Å². The molecule has 6 rings (SSSR count). The number of aromatic nitrogens is 1. The summed E-state index contributed by atoms with van der Waals surface area (Å²) in [5, 5.41) is 7.48.